The Labute approximate surface area is 167 Å². The zero-order chi connectivity index (χ0) is 19.3. The molecule has 1 nitrogen and oxygen atoms in total. The van der Waals surface area contributed by atoms with Gasteiger partial charge in [-0.05, 0) is 65.0 Å². The van der Waals surface area contributed by atoms with Crippen LogP contribution in [0.15, 0.2) is 59.6 Å². The highest BCUT2D eigenvalue weighted by Crippen LogP contribution is 2.39. The van der Waals surface area contributed by atoms with Crippen LogP contribution in [-0.4, -0.2) is 7.05 Å². The van der Waals surface area contributed by atoms with Crippen molar-refractivity contribution in [1.29, 1.82) is 0 Å². The Kier molecular flexibility index (Phi) is 7.36. The smallest absolute Gasteiger partial charge is 0.0358 e. The fourth-order valence-corrected chi connectivity index (χ4v) is 4.47. The van der Waals surface area contributed by atoms with Crippen molar-refractivity contribution in [3.05, 3.63) is 70.0 Å². The normalized spacial score (nSPS) is 12.9. The number of thiol groups is 1. The third kappa shape index (κ3) is 4.72. The summed E-state index contributed by atoms with van der Waals surface area (Å²) in [4.78, 5) is 2.29. The van der Waals surface area contributed by atoms with Crippen molar-refractivity contribution < 1.29 is 0 Å². The second-order valence-electron chi connectivity index (χ2n) is 6.59. The summed E-state index contributed by atoms with van der Waals surface area (Å²) in [6.07, 6.45) is 5.80. The van der Waals surface area contributed by atoms with E-state index in [0.29, 0.717) is 0 Å². The minimum Gasteiger partial charge on any atom is -0.388 e. The number of benzene rings is 1. The van der Waals surface area contributed by atoms with Gasteiger partial charge in [-0.3, -0.25) is 0 Å². The molecule has 1 aromatic carbocycles. The Morgan fingerprint density at radius 1 is 1.23 bits per heavy atom. The lowest BCUT2D eigenvalue weighted by Crippen LogP contribution is -2.02. The summed E-state index contributed by atoms with van der Waals surface area (Å²) in [7, 11) is 1.90. The molecule has 2 aromatic rings. The number of thiophene rings is 1. The average Bonchev–Trinajstić information content (AvgIpc) is 3.02. The molecule has 0 atom stereocenters. The van der Waals surface area contributed by atoms with Crippen LogP contribution in [0, 0.1) is 0 Å². The Morgan fingerprint density at radius 2 is 1.96 bits per heavy atom. The maximum atomic E-state index is 4.65. The summed E-state index contributed by atoms with van der Waals surface area (Å²) in [6, 6.07) is 8.79. The fourth-order valence-electron chi connectivity index (χ4n) is 3.01. The second kappa shape index (κ2) is 9.29. The van der Waals surface area contributed by atoms with Crippen molar-refractivity contribution >= 4 is 45.3 Å². The first-order valence-electron chi connectivity index (χ1n) is 9.06. The zero-order valence-corrected chi connectivity index (χ0v) is 18.0. The summed E-state index contributed by atoms with van der Waals surface area (Å²) in [6.45, 7) is 14.6. The van der Waals surface area contributed by atoms with Gasteiger partial charge in [0.15, 0.2) is 0 Å². The summed E-state index contributed by atoms with van der Waals surface area (Å²) < 4.78 is 1.27. The molecule has 1 heterocycles. The minimum atomic E-state index is 0.939. The predicted octanol–water partition coefficient (Wildman–Crippen LogP) is 7.44. The molecule has 0 unspecified atom stereocenters. The largest absolute Gasteiger partial charge is 0.388 e. The molecule has 0 aliphatic heterocycles. The van der Waals surface area contributed by atoms with Gasteiger partial charge in [0.25, 0.3) is 0 Å². The van der Waals surface area contributed by atoms with Crippen LogP contribution >= 0.6 is 24.0 Å². The summed E-state index contributed by atoms with van der Waals surface area (Å²) in [5.41, 5.74) is 5.55. The molecule has 0 fully saturated rings. The van der Waals surface area contributed by atoms with Gasteiger partial charge in [0.1, 0.15) is 0 Å². The van der Waals surface area contributed by atoms with Crippen LogP contribution in [-0.2, 0) is 0 Å². The van der Waals surface area contributed by atoms with Gasteiger partial charge in [0.05, 0.1) is 0 Å². The third-order valence-corrected chi connectivity index (χ3v) is 5.75. The fraction of sp³-hybridized carbons (Fsp3) is 0.304. The minimum absolute atomic E-state index is 0.939. The molecule has 0 radical (unpaired) electrons. The third-order valence-electron chi connectivity index (χ3n) is 4.40. The van der Waals surface area contributed by atoms with Crippen LogP contribution in [0.3, 0.4) is 0 Å². The highest BCUT2D eigenvalue weighted by molar-refractivity contribution is 7.84. The quantitative estimate of drug-likeness (QED) is 0.274. The molecule has 1 N–H and O–H groups in total. The lowest BCUT2D eigenvalue weighted by Gasteiger charge is -2.13. The lowest BCUT2D eigenvalue weighted by molar-refractivity contribution is 0.815. The van der Waals surface area contributed by atoms with E-state index >= 15 is 0 Å². The van der Waals surface area contributed by atoms with Crippen LogP contribution in [0.5, 0.6) is 0 Å². The number of unbranched alkanes of at least 4 members (excludes halogenated alkanes) is 2. The molecular formula is C23H29NS2. The molecular weight excluding hydrogens is 354 g/mol. The van der Waals surface area contributed by atoms with E-state index in [0.717, 1.165) is 33.7 Å². The first kappa shape index (κ1) is 20.6. The predicted molar refractivity (Wildman–Crippen MR) is 124 cm³/mol. The van der Waals surface area contributed by atoms with E-state index in [9.17, 15) is 0 Å². The molecule has 26 heavy (non-hydrogen) atoms. The molecule has 3 heteroatoms. The molecule has 1 aromatic heterocycles. The maximum Gasteiger partial charge on any atom is 0.0358 e. The molecule has 2 rings (SSSR count). The van der Waals surface area contributed by atoms with Crippen LogP contribution in [0.4, 0.5) is 0 Å². The van der Waals surface area contributed by atoms with Crippen LogP contribution in [0.25, 0.3) is 21.4 Å². The second-order valence-corrected chi connectivity index (χ2v) is 8.35. The number of rotatable bonds is 8. The van der Waals surface area contributed by atoms with Gasteiger partial charge in [-0.15, -0.1) is 24.0 Å². The number of hydrogen-bond acceptors (Lipinski definition) is 3. The molecule has 138 valence electrons. The highest BCUT2D eigenvalue weighted by atomic mass is 32.1. The topological polar surface area (TPSA) is 12.0 Å². The number of nitrogens with one attached hydrogen (secondary N) is 1. The Bertz CT molecular complexity index is 877. The van der Waals surface area contributed by atoms with E-state index in [1.165, 1.54) is 33.4 Å². The summed E-state index contributed by atoms with van der Waals surface area (Å²) in [5, 5.41) is 4.39. The van der Waals surface area contributed by atoms with Gasteiger partial charge >= 0.3 is 0 Å². The maximum absolute atomic E-state index is 4.65. The van der Waals surface area contributed by atoms with Gasteiger partial charge in [-0.2, -0.15) is 0 Å². The Balaban J connectivity index is 2.57. The number of hydrogen-bond donors (Lipinski definition) is 2. The van der Waals surface area contributed by atoms with Crippen molar-refractivity contribution in [3.8, 4) is 0 Å². The first-order chi connectivity index (χ1) is 12.4. The van der Waals surface area contributed by atoms with Gasteiger partial charge in [0, 0.05) is 22.3 Å². The van der Waals surface area contributed by atoms with Crippen LogP contribution in [0.1, 0.15) is 50.5 Å². The van der Waals surface area contributed by atoms with Crippen molar-refractivity contribution in [3.63, 3.8) is 0 Å². The Morgan fingerprint density at radius 3 is 2.54 bits per heavy atom. The molecule has 0 saturated carbocycles. The average molecular weight is 384 g/mol. The molecule has 0 aliphatic carbocycles. The molecule has 0 bridgehead atoms. The van der Waals surface area contributed by atoms with Gasteiger partial charge in [-0.25, -0.2) is 0 Å². The molecule has 0 spiro atoms. The Hall–Kier alpha value is -1.71. The van der Waals surface area contributed by atoms with E-state index in [1.54, 1.807) is 0 Å². The molecule has 0 aliphatic rings. The molecule has 0 amide bonds. The van der Waals surface area contributed by atoms with E-state index in [1.807, 2.05) is 25.3 Å². The van der Waals surface area contributed by atoms with E-state index < -0.39 is 0 Å². The number of fused-ring (bicyclic) bond motifs is 1. The zero-order valence-electron chi connectivity index (χ0n) is 16.3. The van der Waals surface area contributed by atoms with E-state index in [2.05, 4.69) is 75.3 Å². The molecule has 0 saturated heterocycles. The summed E-state index contributed by atoms with van der Waals surface area (Å²) >= 11 is 6.47. The van der Waals surface area contributed by atoms with Gasteiger partial charge < -0.3 is 5.32 Å². The van der Waals surface area contributed by atoms with Crippen LogP contribution < -0.4 is 5.32 Å². The van der Waals surface area contributed by atoms with Crippen molar-refractivity contribution in [1.82, 2.24) is 5.32 Å². The van der Waals surface area contributed by atoms with Gasteiger partial charge in [0.2, 0.25) is 0 Å². The van der Waals surface area contributed by atoms with Crippen molar-refractivity contribution in [2.24, 2.45) is 0 Å². The highest BCUT2D eigenvalue weighted by Gasteiger charge is 2.14. The van der Waals surface area contributed by atoms with Crippen LogP contribution in [0.2, 0.25) is 0 Å². The first-order valence-corrected chi connectivity index (χ1v) is 10.3. The van der Waals surface area contributed by atoms with E-state index in [-0.39, 0.29) is 0 Å². The summed E-state index contributed by atoms with van der Waals surface area (Å²) in [5.74, 6) is 0. The standard InChI is InChI=1S/C23H29NS2/c1-7-8-9-10-20(23(15(2)3)17(5)25)22-14-19-12-11-18(16(4)24-6)13-21(19)26-22/h10-14,24-25H,2,4,7-9H2,1,3,5-6H3/b20-10-,23-17-. The van der Waals surface area contributed by atoms with Gasteiger partial charge in [-0.1, -0.05) is 51.1 Å². The number of allylic oxidation sites excluding steroid dienone is 5. The van der Waals surface area contributed by atoms with Crippen molar-refractivity contribution in [2.45, 2.75) is 40.0 Å². The SMILES string of the molecule is C=C(C)C(=C(\C)S)/C(=C\CCCC)c1cc2ccc(C(=C)NC)cc2s1. The lowest BCUT2D eigenvalue weighted by atomic mass is 9.96. The monoisotopic (exact) mass is 383 g/mol. The van der Waals surface area contributed by atoms with Crippen molar-refractivity contribution in [2.75, 3.05) is 7.05 Å². The van der Waals surface area contributed by atoms with E-state index in [4.69, 9.17) is 0 Å².